The molecule has 104 valence electrons. The van der Waals surface area contributed by atoms with Gasteiger partial charge in [0.2, 0.25) is 0 Å². The Balaban J connectivity index is 1.89. The zero-order valence-corrected chi connectivity index (χ0v) is 11.9. The molecule has 0 radical (unpaired) electrons. The Morgan fingerprint density at radius 3 is 2.84 bits per heavy atom. The Bertz CT molecular complexity index is 456. The van der Waals surface area contributed by atoms with Crippen LogP contribution >= 0.6 is 11.6 Å². The molecule has 0 bridgehead atoms. The van der Waals surface area contributed by atoms with E-state index in [1.807, 2.05) is 0 Å². The minimum absolute atomic E-state index is 0.169. The summed E-state index contributed by atoms with van der Waals surface area (Å²) in [5.41, 5.74) is 5.97. The second-order valence-corrected chi connectivity index (χ2v) is 5.83. The lowest BCUT2D eigenvalue weighted by atomic mass is 9.83. The lowest BCUT2D eigenvalue weighted by Crippen LogP contribution is -2.31. The molecule has 1 aliphatic carbocycles. The Hall–Kier alpha value is -1.29. The van der Waals surface area contributed by atoms with Gasteiger partial charge in [-0.1, -0.05) is 31.4 Å². The number of anilines is 1. The summed E-state index contributed by atoms with van der Waals surface area (Å²) >= 11 is 5.95. The predicted octanol–water partition coefficient (Wildman–Crippen LogP) is 2.87. The predicted molar refractivity (Wildman–Crippen MR) is 77.1 cm³/mol. The summed E-state index contributed by atoms with van der Waals surface area (Å²) in [5.74, 6) is 1.54. The minimum Gasteiger partial charge on any atom is -0.384 e. The summed E-state index contributed by atoms with van der Waals surface area (Å²) in [4.78, 5) is 15.9. The van der Waals surface area contributed by atoms with Gasteiger partial charge in [0, 0.05) is 12.7 Å². The number of nitrogens with zero attached hydrogens (tertiary/aromatic N) is 1. The third-order valence-electron chi connectivity index (χ3n) is 3.81. The molecule has 1 saturated carbocycles. The molecule has 3 N–H and O–H groups in total. The van der Waals surface area contributed by atoms with Crippen molar-refractivity contribution in [1.29, 1.82) is 0 Å². The maximum atomic E-state index is 12.0. The number of nitrogens with two attached hydrogens (primary N) is 1. The molecular formula is C14H20ClN3O. The van der Waals surface area contributed by atoms with Gasteiger partial charge >= 0.3 is 0 Å². The van der Waals surface area contributed by atoms with Gasteiger partial charge in [-0.15, -0.1) is 0 Å². The fourth-order valence-corrected chi connectivity index (χ4v) is 2.68. The Morgan fingerprint density at radius 1 is 1.47 bits per heavy atom. The van der Waals surface area contributed by atoms with Crippen LogP contribution < -0.4 is 11.1 Å². The van der Waals surface area contributed by atoms with E-state index in [2.05, 4.69) is 17.2 Å². The maximum Gasteiger partial charge on any atom is 0.252 e. The van der Waals surface area contributed by atoms with Gasteiger partial charge in [0.25, 0.3) is 5.91 Å². The minimum atomic E-state index is -0.169. The highest BCUT2D eigenvalue weighted by molar-refractivity contribution is 6.33. The summed E-state index contributed by atoms with van der Waals surface area (Å²) in [6.07, 6.45) is 6.29. The first-order chi connectivity index (χ1) is 9.06. The molecule has 0 aromatic carbocycles. The second-order valence-electron chi connectivity index (χ2n) is 5.42. The lowest BCUT2D eigenvalue weighted by Gasteiger charge is -2.26. The van der Waals surface area contributed by atoms with Crippen LogP contribution in [0.2, 0.25) is 5.02 Å². The largest absolute Gasteiger partial charge is 0.384 e. The summed E-state index contributed by atoms with van der Waals surface area (Å²) in [6.45, 7) is 3.00. The molecule has 1 aliphatic rings. The second kappa shape index (κ2) is 6.24. The van der Waals surface area contributed by atoms with E-state index in [0.717, 1.165) is 5.92 Å². The van der Waals surface area contributed by atoms with E-state index in [1.54, 1.807) is 0 Å². The van der Waals surface area contributed by atoms with E-state index >= 15 is 0 Å². The van der Waals surface area contributed by atoms with Crippen LogP contribution in [0.3, 0.4) is 0 Å². The first-order valence-corrected chi connectivity index (χ1v) is 7.13. The number of aromatic nitrogens is 1. The maximum absolute atomic E-state index is 12.0. The number of carbonyl (C=O) groups excluding carboxylic acids is 1. The monoisotopic (exact) mass is 281 g/mol. The average Bonchev–Trinajstić information content (AvgIpc) is 2.40. The van der Waals surface area contributed by atoms with Crippen molar-refractivity contribution in [2.45, 2.75) is 32.6 Å². The molecular weight excluding hydrogens is 262 g/mol. The van der Waals surface area contributed by atoms with Crippen LogP contribution in [0.4, 0.5) is 5.82 Å². The Kier molecular flexibility index (Phi) is 4.64. The zero-order valence-electron chi connectivity index (χ0n) is 11.2. The van der Waals surface area contributed by atoms with Crippen molar-refractivity contribution in [3.63, 3.8) is 0 Å². The number of hydrogen-bond acceptors (Lipinski definition) is 3. The van der Waals surface area contributed by atoms with E-state index in [1.165, 1.54) is 37.9 Å². The molecule has 4 nitrogen and oxygen atoms in total. The number of carbonyl (C=O) groups is 1. The van der Waals surface area contributed by atoms with Crippen molar-refractivity contribution >= 4 is 23.3 Å². The molecule has 1 amide bonds. The number of hydrogen-bond donors (Lipinski definition) is 2. The van der Waals surface area contributed by atoms with Crippen LogP contribution in [0.1, 0.15) is 43.0 Å². The molecule has 5 heteroatoms. The number of pyridine rings is 1. The highest BCUT2D eigenvalue weighted by Crippen LogP contribution is 2.27. The van der Waals surface area contributed by atoms with Crippen molar-refractivity contribution in [1.82, 2.24) is 10.3 Å². The van der Waals surface area contributed by atoms with E-state index in [0.29, 0.717) is 28.9 Å². The smallest absolute Gasteiger partial charge is 0.252 e. The number of amides is 1. The Morgan fingerprint density at radius 2 is 2.16 bits per heavy atom. The summed E-state index contributed by atoms with van der Waals surface area (Å²) < 4.78 is 0. The molecule has 0 atom stereocenters. The molecule has 0 saturated heterocycles. The number of nitrogen functional groups attached to an aromatic ring is 1. The first-order valence-electron chi connectivity index (χ1n) is 6.75. The van der Waals surface area contributed by atoms with Gasteiger partial charge in [-0.3, -0.25) is 4.79 Å². The van der Waals surface area contributed by atoms with Crippen LogP contribution in [0.25, 0.3) is 0 Å². The van der Waals surface area contributed by atoms with Crippen molar-refractivity contribution < 1.29 is 4.79 Å². The van der Waals surface area contributed by atoms with Crippen molar-refractivity contribution in [2.24, 2.45) is 11.8 Å². The van der Waals surface area contributed by atoms with Crippen LogP contribution in [-0.4, -0.2) is 17.4 Å². The van der Waals surface area contributed by atoms with Gasteiger partial charge in [0.1, 0.15) is 5.82 Å². The van der Waals surface area contributed by atoms with Gasteiger partial charge in [-0.2, -0.15) is 0 Å². The molecule has 0 unspecified atom stereocenters. The fraction of sp³-hybridized carbons (Fsp3) is 0.571. The molecule has 0 aliphatic heterocycles. The molecule has 1 fully saturated rings. The molecule has 1 aromatic heterocycles. The molecule has 2 rings (SSSR count). The third kappa shape index (κ3) is 3.83. The fourth-order valence-electron chi connectivity index (χ4n) is 2.49. The summed E-state index contributed by atoms with van der Waals surface area (Å²) in [6, 6.07) is 1.51. The van der Waals surface area contributed by atoms with E-state index < -0.39 is 0 Å². The SMILES string of the molecule is CC1CCC(CNC(=O)c2cc(N)ncc2Cl)CC1. The molecule has 19 heavy (non-hydrogen) atoms. The van der Waals surface area contributed by atoms with Gasteiger partial charge in [-0.05, 0) is 30.7 Å². The summed E-state index contributed by atoms with van der Waals surface area (Å²) in [7, 11) is 0. The third-order valence-corrected chi connectivity index (χ3v) is 4.11. The molecule has 0 spiro atoms. The normalized spacial score (nSPS) is 23.1. The number of rotatable bonds is 3. The van der Waals surface area contributed by atoms with Crippen LogP contribution in [-0.2, 0) is 0 Å². The van der Waals surface area contributed by atoms with Gasteiger partial charge in [-0.25, -0.2) is 4.98 Å². The van der Waals surface area contributed by atoms with E-state index in [4.69, 9.17) is 17.3 Å². The zero-order chi connectivity index (χ0) is 13.8. The highest BCUT2D eigenvalue weighted by atomic mass is 35.5. The van der Waals surface area contributed by atoms with E-state index in [-0.39, 0.29) is 5.91 Å². The highest BCUT2D eigenvalue weighted by Gasteiger charge is 2.19. The van der Waals surface area contributed by atoms with Crippen molar-refractivity contribution in [2.75, 3.05) is 12.3 Å². The quantitative estimate of drug-likeness (QED) is 0.895. The Labute approximate surface area is 118 Å². The molecule has 1 heterocycles. The first kappa shape index (κ1) is 14.1. The van der Waals surface area contributed by atoms with Crippen molar-refractivity contribution in [3.8, 4) is 0 Å². The van der Waals surface area contributed by atoms with Crippen LogP contribution in [0.5, 0.6) is 0 Å². The van der Waals surface area contributed by atoms with Gasteiger partial charge < -0.3 is 11.1 Å². The summed E-state index contributed by atoms with van der Waals surface area (Å²) in [5, 5.41) is 3.28. The van der Waals surface area contributed by atoms with Gasteiger partial charge in [0.05, 0.1) is 10.6 Å². The standard InChI is InChI=1S/C14H20ClN3O/c1-9-2-4-10(5-3-9)7-18-14(19)11-6-13(16)17-8-12(11)15/h6,8-10H,2-5,7H2,1H3,(H2,16,17)(H,18,19). The van der Waals surface area contributed by atoms with Crippen molar-refractivity contribution in [3.05, 3.63) is 22.8 Å². The lowest BCUT2D eigenvalue weighted by molar-refractivity contribution is 0.0942. The number of halogens is 1. The average molecular weight is 282 g/mol. The number of nitrogens with one attached hydrogen (secondary N) is 1. The van der Waals surface area contributed by atoms with E-state index in [9.17, 15) is 4.79 Å². The molecule has 1 aromatic rings. The van der Waals surface area contributed by atoms with Gasteiger partial charge in [0.15, 0.2) is 0 Å². The van der Waals surface area contributed by atoms with Crippen LogP contribution in [0.15, 0.2) is 12.3 Å². The van der Waals surface area contributed by atoms with Crippen LogP contribution in [0, 0.1) is 11.8 Å². The topological polar surface area (TPSA) is 68.0 Å².